The fourth-order valence-electron chi connectivity index (χ4n) is 5.81. The Bertz CT molecular complexity index is 1720. The summed E-state index contributed by atoms with van der Waals surface area (Å²) in [5.74, 6) is 0.248. The summed E-state index contributed by atoms with van der Waals surface area (Å²) in [4.78, 5) is 46.7. The summed E-state index contributed by atoms with van der Waals surface area (Å²) in [6.45, 7) is 6.07. The lowest BCUT2D eigenvalue weighted by Crippen LogP contribution is -2.47. The molecule has 1 fully saturated rings. The Morgan fingerprint density at radius 3 is 2.58 bits per heavy atom. The largest absolute Gasteiger partial charge is 0.463 e. The average Bonchev–Trinajstić information content (AvgIpc) is 3.58. The molecule has 1 saturated carbocycles. The van der Waals surface area contributed by atoms with Crippen LogP contribution in [-0.4, -0.2) is 54.5 Å². The van der Waals surface area contributed by atoms with Gasteiger partial charge in [0.15, 0.2) is 17.3 Å². The van der Waals surface area contributed by atoms with E-state index >= 15 is 0 Å². The first-order chi connectivity index (χ1) is 21.5. The van der Waals surface area contributed by atoms with E-state index in [-0.39, 0.29) is 29.9 Å². The maximum Gasteiger partial charge on any atom is 0.306 e. The second kappa shape index (κ2) is 12.0. The summed E-state index contributed by atoms with van der Waals surface area (Å²) in [6, 6.07) is 12.1. The van der Waals surface area contributed by atoms with Crippen LogP contribution in [0.25, 0.3) is 22.6 Å². The number of nitrogens with two attached hydrogens (primary N) is 1. The molecule has 0 radical (unpaired) electrons. The standard InChI is InChI=1S/C33H35ClN8O3/c1-32(2,3)18-33(23-9-6-21(7-10-23)26-16-36-12-13-37-26)30(44)42(31(35)40-33)27(17-45-28(43)14-20-4-5-20)22-8-11-25(34)24(15-22)29-38-19-39-41-29/h6-13,15-16,19-20,27H,4-5,14,17-18H2,1-3H3,(H2,35,40)(H,38,39,41)/t27-,33-/m1/s1. The number of nitrogens with zero attached hydrogens (tertiary/aromatic N) is 6. The second-order valence-corrected chi connectivity index (χ2v) is 13.2. The number of amides is 1. The normalized spacial score (nSPS) is 19.0. The quantitative estimate of drug-likeness (QED) is 0.220. The number of ether oxygens (including phenoxy) is 1. The van der Waals surface area contributed by atoms with Crippen molar-refractivity contribution in [2.24, 2.45) is 22.1 Å². The van der Waals surface area contributed by atoms with Crippen LogP contribution >= 0.6 is 11.6 Å². The number of carbonyl (C=O) groups excluding carboxylic acids is 2. The van der Waals surface area contributed by atoms with Gasteiger partial charge in [-0.2, -0.15) is 5.10 Å². The first-order valence-electron chi connectivity index (χ1n) is 14.9. The molecule has 2 aromatic carbocycles. The highest BCUT2D eigenvalue weighted by Gasteiger charge is 2.53. The van der Waals surface area contributed by atoms with Crippen LogP contribution in [0.15, 0.2) is 72.4 Å². The number of aromatic amines is 1. The summed E-state index contributed by atoms with van der Waals surface area (Å²) in [7, 11) is 0. The number of halogens is 1. The van der Waals surface area contributed by atoms with Crippen molar-refractivity contribution >= 4 is 29.4 Å². The van der Waals surface area contributed by atoms with Gasteiger partial charge in [0.1, 0.15) is 12.9 Å². The summed E-state index contributed by atoms with van der Waals surface area (Å²) < 4.78 is 5.79. The molecule has 0 saturated heterocycles. The molecule has 232 valence electrons. The lowest BCUT2D eigenvalue weighted by Gasteiger charge is -2.35. The van der Waals surface area contributed by atoms with E-state index in [1.165, 1.54) is 11.2 Å². The van der Waals surface area contributed by atoms with Gasteiger partial charge in [-0.15, -0.1) is 0 Å². The minimum atomic E-state index is -1.31. The Balaban J connectivity index is 1.40. The maximum absolute atomic E-state index is 14.8. The summed E-state index contributed by atoms with van der Waals surface area (Å²) in [5.41, 5.74) is 8.57. The molecule has 12 heteroatoms. The zero-order chi connectivity index (χ0) is 31.8. The van der Waals surface area contributed by atoms with Crippen molar-refractivity contribution in [3.05, 3.63) is 83.5 Å². The second-order valence-electron chi connectivity index (χ2n) is 12.8. The third-order valence-corrected chi connectivity index (χ3v) is 8.37. The lowest BCUT2D eigenvalue weighted by molar-refractivity contribution is -0.148. The fraction of sp³-hybridized carbons (Fsp3) is 0.364. The predicted molar refractivity (Wildman–Crippen MR) is 170 cm³/mol. The number of benzene rings is 2. The summed E-state index contributed by atoms with van der Waals surface area (Å²) in [6.07, 6.45) is 9.10. The van der Waals surface area contributed by atoms with Crippen molar-refractivity contribution in [3.63, 3.8) is 0 Å². The summed E-state index contributed by atoms with van der Waals surface area (Å²) >= 11 is 6.55. The smallest absolute Gasteiger partial charge is 0.306 e. The van der Waals surface area contributed by atoms with Gasteiger partial charge in [0.2, 0.25) is 0 Å². The van der Waals surface area contributed by atoms with Crippen LogP contribution in [0, 0.1) is 11.3 Å². The van der Waals surface area contributed by atoms with Crippen molar-refractivity contribution in [1.29, 1.82) is 0 Å². The highest BCUT2D eigenvalue weighted by molar-refractivity contribution is 6.33. The molecule has 6 rings (SSSR count). The van der Waals surface area contributed by atoms with E-state index in [9.17, 15) is 9.59 Å². The Morgan fingerprint density at radius 1 is 1.16 bits per heavy atom. The molecule has 0 bridgehead atoms. The first-order valence-corrected chi connectivity index (χ1v) is 15.3. The minimum Gasteiger partial charge on any atom is -0.463 e. The number of rotatable bonds is 10. The molecule has 0 spiro atoms. The molecule has 2 atom stereocenters. The third-order valence-electron chi connectivity index (χ3n) is 8.04. The van der Waals surface area contributed by atoms with Crippen LogP contribution < -0.4 is 5.73 Å². The van der Waals surface area contributed by atoms with Gasteiger partial charge in [0.25, 0.3) is 5.91 Å². The molecule has 1 aliphatic carbocycles. The van der Waals surface area contributed by atoms with E-state index in [0.717, 1.165) is 24.1 Å². The molecule has 2 aromatic heterocycles. The van der Waals surface area contributed by atoms with Gasteiger partial charge in [0, 0.05) is 29.9 Å². The monoisotopic (exact) mass is 626 g/mol. The van der Waals surface area contributed by atoms with Crippen molar-refractivity contribution in [3.8, 4) is 22.6 Å². The van der Waals surface area contributed by atoms with E-state index in [1.807, 2.05) is 30.3 Å². The van der Waals surface area contributed by atoms with Crippen molar-refractivity contribution in [2.45, 2.75) is 58.0 Å². The highest BCUT2D eigenvalue weighted by Crippen LogP contribution is 2.45. The number of nitrogens with one attached hydrogen (secondary N) is 1. The molecular weight excluding hydrogens is 592 g/mol. The number of H-pyrrole nitrogens is 1. The third kappa shape index (κ3) is 6.44. The lowest BCUT2D eigenvalue weighted by atomic mass is 9.75. The van der Waals surface area contributed by atoms with E-state index in [0.29, 0.717) is 46.3 Å². The molecule has 11 nitrogen and oxygen atoms in total. The van der Waals surface area contributed by atoms with Crippen molar-refractivity contribution < 1.29 is 14.3 Å². The molecule has 1 aliphatic heterocycles. The Kier molecular flexibility index (Phi) is 8.13. The Morgan fingerprint density at radius 2 is 1.93 bits per heavy atom. The van der Waals surface area contributed by atoms with Gasteiger partial charge in [-0.3, -0.25) is 29.6 Å². The van der Waals surface area contributed by atoms with Gasteiger partial charge >= 0.3 is 5.97 Å². The molecule has 3 N–H and O–H groups in total. The number of hydrogen-bond donors (Lipinski definition) is 2. The SMILES string of the molecule is CC(C)(C)C[C@]1(c2ccc(-c3cnccn3)cc2)N=C(N)N([C@H](COC(=O)CC2CC2)c2ccc(Cl)c(-c3ncn[nH]3)c2)C1=O. The van der Waals surface area contributed by atoms with E-state index < -0.39 is 11.6 Å². The van der Waals surface area contributed by atoms with Gasteiger partial charge in [-0.25, -0.2) is 9.98 Å². The van der Waals surface area contributed by atoms with E-state index in [1.54, 1.807) is 30.7 Å². The topological polar surface area (TPSA) is 152 Å². The van der Waals surface area contributed by atoms with E-state index in [2.05, 4.69) is 45.9 Å². The van der Waals surface area contributed by atoms with Crippen LogP contribution in [0.3, 0.4) is 0 Å². The number of hydrogen-bond acceptors (Lipinski definition) is 9. The Hall–Kier alpha value is -4.64. The van der Waals surface area contributed by atoms with Gasteiger partial charge in [0.05, 0.1) is 23.0 Å². The molecular formula is C33H35ClN8O3. The average molecular weight is 627 g/mol. The molecule has 2 aliphatic rings. The van der Waals surface area contributed by atoms with Gasteiger partial charge in [-0.05, 0) is 53.9 Å². The number of esters is 1. The maximum atomic E-state index is 14.8. The van der Waals surface area contributed by atoms with Crippen molar-refractivity contribution in [2.75, 3.05) is 6.61 Å². The highest BCUT2D eigenvalue weighted by atomic mass is 35.5. The van der Waals surface area contributed by atoms with Crippen LogP contribution in [0.4, 0.5) is 0 Å². The zero-order valence-electron chi connectivity index (χ0n) is 25.4. The van der Waals surface area contributed by atoms with Gasteiger partial charge < -0.3 is 10.5 Å². The minimum absolute atomic E-state index is 0.0432. The van der Waals surface area contributed by atoms with Crippen LogP contribution in [0.1, 0.15) is 63.6 Å². The summed E-state index contributed by atoms with van der Waals surface area (Å²) in [5, 5.41) is 7.22. The molecule has 1 amide bonds. The van der Waals surface area contributed by atoms with Gasteiger partial charge in [-0.1, -0.05) is 62.7 Å². The fourth-order valence-corrected chi connectivity index (χ4v) is 6.02. The molecule has 4 aromatic rings. The predicted octanol–water partition coefficient (Wildman–Crippen LogP) is 5.46. The van der Waals surface area contributed by atoms with Crippen molar-refractivity contribution in [1.82, 2.24) is 30.0 Å². The number of guanidine groups is 1. The number of aromatic nitrogens is 5. The number of aliphatic imine (C=N–C) groups is 1. The first kappa shape index (κ1) is 30.4. The van der Waals surface area contributed by atoms with Crippen LogP contribution in [0.5, 0.6) is 0 Å². The van der Waals surface area contributed by atoms with E-state index in [4.69, 9.17) is 27.1 Å². The molecule has 0 unspecified atom stereocenters. The Labute approximate surface area is 266 Å². The van der Waals surface area contributed by atoms with Crippen LogP contribution in [-0.2, 0) is 19.9 Å². The zero-order valence-corrected chi connectivity index (χ0v) is 26.2. The number of carbonyl (C=O) groups is 2. The molecule has 45 heavy (non-hydrogen) atoms. The van der Waals surface area contributed by atoms with Crippen LogP contribution in [0.2, 0.25) is 5.02 Å². The molecule has 3 heterocycles.